The lowest BCUT2D eigenvalue weighted by atomic mass is 10.1. The number of hydrazine groups is 1. The predicted molar refractivity (Wildman–Crippen MR) is 116 cm³/mol. The molecule has 3 atom stereocenters. The van der Waals surface area contributed by atoms with Crippen molar-refractivity contribution in [3.8, 4) is 0 Å². The molecule has 0 radical (unpaired) electrons. The summed E-state index contributed by atoms with van der Waals surface area (Å²) < 4.78 is 23.8. The van der Waals surface area contributed by atoms with Crippen LogP contribution in [0.5, 0.6) is 0 Å². The number of carboxylic acids is 1. The molecule has 2 heterocycles. The number of carbonyl (C=O) groups is 5. The van der Waals surface area contributed by atoms with Gasteiger partial charge in [0.2, 0.25) is 11.8 Å². The van der Waals surface area contributed by atoms with E-state index in [1.165, 1.54) is 17.1 Å². The standard InChI is InChI=1S/C20H26N4O8S/c25-12-13(11-18(27)28)21-19(29)16-7-4-10-23-17(26)9-8-15(20(30)24(16)23)22-33(31,32)14-5-2-1-3-6-14/h1-3,5-6,12-13,15-16,22,31-32H,4,7-11H2,(H,21,29)(H,27,28)/t13-,15-,16-/m0/s1. The maximum atomic E-state index is 13.4. The second-order valence-electron chi connectivity index (χ2n) is 7.78. The zero-order valence-electron chi connectivity index (χ0n) is 17.6. The molecule has 2 fully saturated rings. The molecule has 12 nitrogen and oxygen atoms in total. The van der Waals surface area contributed by atoms with E-state index in [9.17, 15) is 33.1 Å². The molecule has 2 saturated heterocycles. The molecule has 2 aliphatic rings. The molecule has 0 aromatic heterocycles. The van der Waals surface area contributed by atoms with E-state index >= 15 is 0 Å². The van der Waals surface area contributed by atoms with Gasteiger partial charge >= 0.3 is 5.97 Å². The highest BCUT2D eigenvalue weighted by molar-refractivity contribution is 8.22. The first-order valence-corrected chi connectivity index (χ1v) is 11.9. The lowest BCUT2D eigenvalue weighted by molar-refractivity contribution is -0.176. The Balaban J connectivity index is 1.84. The largest absolute Gasteiger partial charge is 0.481 e. The Kier molecular flexibility index (Phi) is 7.68. The number of benzene rings is 1. The first kappa shape index (κ1) is 24.6. The van der Waals surface area contributed by atoms with Crippen LogP contribution in [0.1, 0.15) is 32.1 Å². The zero-order chi connectivity index (χ0) is 24.2. The number of rotatable bonds is 8. The zero-order valence-corrected chi connectivity index (χ0v) is 18.4. The summed E-state index contributed by atoms with van der Waals surface area (Å²) in [5.74, 6) is -3.15. The van der Waals surface area contributed by atoms with Crippen molar-refractivity contribution in [2.45, 2.75) is 55.1 Å². The fraction of sp³-hybridized carbons (Fsp3) is 0.450. The van der Waals surface area contributed by atoms with Crippen molar-refractivity contribution in [2.24, 2.45) is 0 Å². The van der Waals surface area contributed by atoms with Gasteiger partial charge in [-0.2, -0.15) is 0 Å². The van der Waals surface area contributed by atoms with Gasteiger partial charge in [0.25, 0.3) is 5.91 Å². The number of carboxylic acid groups (broad SMARTS) is 1. The molecule has 0 spiro atoms. The predicted octanol–water partition coefficient (Wildman–Crippen LogP) is 0.356. The Hall–Kier alpha value is -3.00. The molecule has 0 unspecified atom stereocenters. The number of nitrogens with one attached hydrogen (secondary N) is 2. The summed E-state index contributed by atoms with van der Waals surface area (Å²) in [6.45, 7) is 0.197. The molecule has 33 heavy (non-hydrogen) atoms. The Morgan fingerprint density at radius 1 is 1.18 bits per heavy atom. The van der Waals surface area contributed by atoms with Crippen molar-refractivity contribution >= 4 is 40.8 Å². The maximum absolute atomic E-state index is 13.4. The Morgan fingerprint density at radius 3 is 2.52 bits per heavy atom. The molecular weight excluding hydrogens is 456 g/mol. The average molecular weight is 483 g/mol. The van der Waals surface area contributed by atoms with Gasteiger partial charge in [-0.3, -0.25) is 33.3 Å². The number of hydrogen-bond donors (Lipinski definition) is 5. The van der Waals surface area contributed by atoms with Gasteiger partial charge in [0.15, 0.2) is 0 Å². The molecular formula is C20H26N4O8S. The van der Waals surface area contributed by atoms with Crippen LogP contribution < -0.4 is 10.0 Å². The smallest absolute Gasteiger partial charge is 0.305 e. The number of carbonyl (C=O) groups excluding carboxylic acids is 4. The molecule has 1 aromatic carbocycles. The Labute approximate surface area is 191 Å². The fourth-order valence-corrected chi connectivity index (χ4v) is 5.15. The lowest BCUT2D eigenvalue weighted by Gasteiger charge is -2.44. The molecule has 5 N–H and O–H groups in total. The van der Waals surface area contributed by atoms with E-state index in [1.54, 1.807) is 18.2 Å². The molecule has 13 heteroatoms. The van der Waals surface area contributed by atoms with Gasteiger partial charge in [0, 0.05) is 13.0 Å². The third-order valence-electron chi connectivity index (χ3n) is 5.43. The summed E-state index contributed by atoms with van der Waals surface area (Å²) in [7, 11) is -3.58. The van der Waals surface area contributed by atoms with E-state index in [2.05, 4.69) is 10.0 Å². The van der Waals surface area contributed by atoms with Gasteiger partial charge in [0.1, 0.15) is 18.4 Å². The second kappa shape index (κ2) is 10.3. The van der Waals surface area contributed by atoms with Crippen molar-refractivity contribution in [3.05, 3.63) is 30.3 Å². The van der Waals surface area contributed by atoms with Crippen molar-refractivity contribution in [1.82, 2.24) is 20.1 Å². The van der Waals surface area contributed by atoms with Crippen molar-refractivity contribution < 1.29 is 38.2 Å². The van der Waals surface area contributed by atoms with E-state index in [4.69, 9.17) is 5.11 Å². The molecule has 180 valence electrons. The molecule has 0 saturated carbocycles. The first-order valence-electron chi connectivity index (χ1n) is 10.4. The van der Waals surface area contributed by atoms with Crippen molar-refractivity contribution in [1.29, 1.82) is 0 Å². The summed E-state index contributed by atoms with van der Waals surface area (Å²) in [4.78, 5) is 61.2. The van der Waals surface area contributed by atoms with E-state index in [0.29, 0.717) is 12.7 Å². The molecule has 1 aromatic rings. The monoisotopic (exact) mass is 482 g/mol. The molecule has 0 aliphatic carbocycles. The van der Waals surface area contributed by atoms with E-state index in [0.717, 1.165) is 5.01 Å². The Morgan fingerprint density at radius 2 is 1.88 bits per heavy atom. The first-order chi connectivity index (χ1) is 15.6. The SMILES string of the molecule is O=C[C@H](CC(=O)O)NC(=O)[C@@H]1CCCN2C(=O)CC[C@H](NS(O)(O)c3ccccc3)C(=O)N12. The van der Waals surface area contributed by atoms with Crippen molar-refractivity contribution in [3.63, 3.8) is 0 Å². The molecule has 0 bridgehead atoms. The average Bonchev–Trinajstić information content (AvgIpc) is 2.90. The molecule has 3 rings (SSSR count). The van der Waals surface area contributed by atoms with Crippen LogP contribution >= 0.6 is 10.8 Å². The molecule has 3 amide bonds. The third kappa shape index (κ3) is 5.68. The van der Waals surface area contributed by atoms with Gasteiger partial charge in [-0.25, -0.2) is 9.73 Å². The minimum atomic E-state index is -3.58. The van der Waals surface area contributed by atoms with E-state index < -0.39 is 59.0 Å². The van der Waals surface area contributed by atoms with Crippen LogP contribution in [-0.4, -0.2) is 78.9 Å². The van der Waals surface area contributed by atoms with Crippen molar-refractivity contribution in [2.75, 3.05) is 6.54 Å². The number of aldehydes is 1. The van der Waals surface area contributed by atoms with Gasteiger partial charge in [-0.1, -0.05) is 18.2 Å². The normalized spacial score (nSPS) is 22.7. The van der Waals surface area contributed by atoms with Gasteiger partial charge in [0.05, 0.1) is 17.4 Å². The van der Waals surface area contributed by atoms with E-state index in [1.807, 2.05) is 0 Å². The third-order valence-corrected chi connectivity index (χ3v) is 6.97. The highest BCUT2D eigenvalue weighted by atomic mass is 32.3. The number of aliphatic carboxylic acids is 1. The second-order valence-corrected chi connectivity index (χ2v) is 9.58. The van der Waals surface area contributed by atoms with Crippen LogP contribution in [0.15, 0.2) is 35.2 Å². The van der Waals surface area contributed by atoms with Gasteiger partial charge in [-0.05, 0) is 31.4 Å². The number of hydrogen-bond acceptors (Lipinski definition) is 8. The Bertz CT molecular complexity index is 928. The van der Waals surface area contributed by atoms with Crippen LogP contribution in [0, 0.1) is 0 Å². The topological polar surface area (TPSA) is 177 Å². The summed E-state index contributed by atoms with van der Waals surface area (Å²) in [6, 6.07) is 4.27. The summed E-state index contributed by atoms with van der Waals surface area (Å²) in [5, 5.41) is 13.4. The summed E-state index contributed by atoms with van der Waals surface area (Å²) in [6.07, 6.45) is 0.186. The van der Waals surface area contributed by atoms with Crippen LogP contribution in [0.2, 0.25) is 0 Å². The van der Waals surface area contributed by atoms with Gasteiger partial charge in [-0.15, -0.1) is 10.8 Å². The number of nitrogens with zero attached hydrogens (tertiary/aromatic N) is 2. The number of fused-ring (bicyclic) bond motifs is 1. The minimum absolute atomic E-state index is 0.0162. The van der Waals surface area contributed by atoms with Crippen LogP contribution in [-0.2, 0) is 24.0 Å². The molecule has 2 aliphatic heterocycles. The fourth-order valence-electron chi connectivity index (χ4n) is 3.86. The summed E-state index contributed by atoms with van der Waals surface area (Å²) >= 11 is 0. The number of amides is 3. The van der Waals surface area contributed by atoms with Gasteiger partial charge < -0.3 is 15.2 Å². The van der Waals surface area contributed by atoms with Crippen LogP contribution in [0.25, 0.3) is 0 Å². The maximum Gasteiger partial charge on any atom is 0.305 e. The highest BCUT2D eigenvalue weighted by Crippen LogP contribution is 2.45. The quantitative estimate of drug-likeness (QED) is 0.327. The summed E-state index contributed by atoms with van der Waals surface area (Å²) in [5.41, 5.74) is 0. The highest BCUT2D eigenvalue weighted by Gasteiger charge is 2.45. The van der Waals surface area contributed by atoms with E-state index in [-0.39, 0.29) is 30.7 Å². The minimum Gasteiger partial charge on any atom is -0.481 e. The lowest BCUT2D eigenvalue weighted by Crippen LogP contribution is -2.64. The van der Waals surface area contributed by atoms with Crippen LogP contribution in [0.3, 0.4) is 0 Å². The van der Waals surface area contributed by atoms with Crippen LogP contribution in [0.4, 0.5) is 0 Å².